The summed E-state index contributed by atoms with van der Waals surface area (Å²) in [7, 11) is 0. The molecule has 0 aliphatic carbocycles. The molecular formula is C42H24N2O2. The van der Waals surface area contributed by atoms with E-state index in [0.29, 0.717) is 0 Å². The molecule has 11 aromatic rings. The number of hydrogen-bond donors (Lipinski definition) is 0. The molecule has 46 heavy (non-hydrogen) atoms. The van der Waals surface area contributed by atoms with Crippen LogP contribution < -0.4 is 0 Å². The number of rotatable bonds is 2. The molecule has 4 heteroatoms. The molecule has 4 nitrogen and oxygen atoms in total. The lowest BCUT2D eigenvalue weighted by Gasteiger charge is -2.08. The number of para-hydroxylation sites is 6. The summed E-state index contributed by atoms with van der Waals surface area (Å²) in [6.45, 7) is 0. The van der Waals surface area contributed by atoms with Crippen LogP contribution in [0.3, 0.4) is 0 Å². The molecule has 7 aromatic carbocycles. The molecule has 0 aliphatic heterocycles. The molecule has 4 aromatic heterocycles. The summed E-state index contributed by atoms with van der Waals surface area (Å²) in [5, 5.41) is 9.15. The van der Waals surface area contributed by atoms with Crippen LogP contribution >= 0.6 is 0 Å². The Kier molecular flexibility index (Phi) is 4.55. The van der Waals surface area contributed by atoms with Gasteiger partial charge in [0.1, 0.15) is 11.2 Å². The summed E-state index contributed by atoms with van der Waals surface area (Å²) in [5.41, 5.74) is 10.1. The van der Waals surface area contributed by atoms with Crippen molar-refractivity contribution in [1.29, 1.82) is 0 Å². The molecule has 0 fully saturated rings. The number of hydrogen-bond acceptors (Lipinski definition) is 2. The lowest BCUT2D eigenvalue weighted by atomic mass is 10.1. The van der Waals surface area contributed by atoms with E-state index in [9.17, 15) is 0 Å². The van der Waals surface area contributed by atoms with E-state index in [-0.39, 0.29) is 0 Å². The summed E-state index contributed by atoms with van der Waals surface area (Å²) in [6.07, 6.45) is 0. The monoisotopic (exact) mass is 588 g/mol. The number of benzene rings is 7. The summed E-state index contributed by atoms with van der Waals surface area (Å²) in [5.74, 6) is 0. The molecular weight excluding hydrogens is 564 g/mol. The second-order valence-electron chi connectivity index (χ2n) is 12.1. The van der Waals surface area contributed by atoms with Crippen molar-refractivity contribution in [3.05, 3.63) is 146 Å². The molecule has 11 rings (SSSR count). The van der Waals surface area contributed by atoms with Crippen LogP contribution in [-0.2, 0) is 0 Å². The van der Waals surface area contributed by atoms with Gasteiger partial charge in [-0.1, -0.05) is 97.1 Å². The van der Waals surface area contributed by atoms with E-state index in [1.54, 1.807) is 0 Å². The van der Waals surface area contributed by atoms with Gasteiger partial charge in [0.15, 0.2) is 11.2 Å². The first-order valence-electron chi connectivity index (χ1n) is 15.6. The molecule has 0 N–H and O–H groups in total. The summed E-state index contributed by atoms with van der Waals surface area (Å²) in [4.78, 5) is 0. The van der Waals surface area contributed by atoms with E-state index in [1.165, 1.54) is 21.5 Å². The second-order valence-corrected chi connectivity index (χ2v) is 12.1. The van der Waals surface area contributed by atoms with Crippen LogP contribution in [0.15, 0.2) is 154 Å². The van der Waals surface area contributed by atoms with Gasteiger partial charge in [-0.25, -0.2) is 0 Å². The van der Waals surface area contributed by atoms with Gasteiger partial charge in [0.05, 0.1) is 33.4 Å². The highest BCUT2D eigenvalue weighted by molar-refractivity contribution is 6.18. The van der Waals surface area contributed by atoms with Crippen LogP contribution in [0.5, 0.6) is 0 Å². The molecule has 0 amide bonds. The molecule has 214 valence electrons. The van der Waals surface area contributed by atoms with Gasteiger partial charge >= 0.3 is 0 Å². The molecule has 4 heterocycles. The lowest BCUT2D eigenvalue weighted by molar-refractivity contribution is 0.661. The summed E-state index contributed by atoms with van der Waals surface area (Å²) >= 11 is 0. The third-order valence-corrected chi connectivity index (χ3v) is 9.72. The zero-order valence-electron chi connectivity index (χ0n) is 24.6. The van der Waals surface area contributed by atoms with Crippen molar-refractivity contribution in [2.24, 2.45) is 0 Å². The molecule has 0 saturated carbocycles. The summed E-state index contributed by atoms with van der Waals surface area (Å²) < 4.78 is 18.2. The van der Waals surface area contributed by atoms with Crippen molar-refractivity contribution in [3.8, 4) is 11.4 Å². The SMILES string of the molecule is c1cc(-n2c3ccccc3c3ccccc32)c2oc3cc4c(cc3c2c1)oc1c(-n2c3ccccc3c3ccccc32)cccc14. The molecule has 0 spiro atoms. The van der Waals surface area contributed by atoms with Gasteiger partial charge in [0, 0.05) is 43.1 Å². The Morgan fingerprint density at radius 2 is 0.630 bits per heavy atom. The molecule has 0 saturated heterocycles. The fourth-order valence-electron chi connectivity index (χ4n) is 7.77. The highest BCUT2D eigenvalue weighted by atomic mass is 16.3. The minimum Gasteiger partial charge on any atom is -0.454 e. The predicted octanol–water partition coefficient (Wildman–Crippen LogP) is 11.7. The molecule has 0 aliphatic rings. The van der Waals surface area contributed by atoms with Crippen LogP contribution in [0, 0.1) is 0 Å². The Morgan fingerprint density at radius 1 is 0.304 bits per heavy atom. The topological polar surface area (TPSA) is 36.1 Å². The quantitative estimate of drug-likeness (QED) is 0.201. The average Bonchev–Trinajstić information content (AvgIpc) is 3.85. The van der Waals surface area contributed by atoms with E-state index in [2.05, 4.69) is 155 Å². The third-order valence-electron chi connectivity index (χ3n) is 9.72. The maximum atomic E-state index is 6.78. The van der Waals surface area contributed by atoms with Gasteiger partial charge in [0.2, 0.25) is 0 Å². The maximum absolute atomic E-state index is 6.78. The number of nitrogens with zero attached hydrogens (tertiary/aromatic N) is 2. The fourth-order valence-corrected chi connectivity index (χ4v) is 7.77. The van der Waals surface area contributed by atoms with Gasteiger partial charge < -0.3 is 18.0 Å². The van der Waals surface area contributed by atoms with Crippen molar-refractivity contribution in [3.63, 3.8) is 0 Å². The third kappa shape index (κ3) is 3.03. The van der Waals surface area contributed by atoms with Crippen LogP contribution in [0.4, 0.5) is 0 Å². The predicted molar refractivity (Wildman–Crippen MR) is 190 cm³/mol. The Morgan fingerprint density at radius 3 is 1.00 bits per heavy atom. The first-order chi connectivity index (χ1) is 22.8. The van der Waals surface area contributed by atoms with Gasteiger partial charge in [-0.2, -0.15) is 0 Å². The molecule has 0 unspecified atom stereocenters. The highest BCUT2D eigenvalue weighted by Gasteiger charge is 2.21. The number of fused-ring (bicyclic) bond motifs is 12. The van der Waals surface area contributed by atoms with Gasteiger partial charge in [-0.05, 0) is 48.5 Å². The number of furan rings is 2. The largest absolute Gasteiger partial charge is 0.454 e. The van der Waals surface area contributed by atoms with E-state index in [0.717, 1.165) is 77.3 Å². The smallest absolute Gasteiger partial charge is 0.159 e. The van der Waals surface area contributed by atoms with Crippen molar-refractivity contribution in [2.75, 3.05) is 0 Å². The first kappa shape index (κ1) is 24.1. The van der Waals surface area contributed by atoms with Crippen LogP contribution in [-0.4, -0.2) is 9.13 Å². The number of aromatic nitrogens is 2. The molecule has 0 bridgehead atoms. The van der Waals surface area contributed by atoms with Crippen LogP contribution in [0.1, 0.15) is 0 Å². The van der Waals surface area contributed by atoms with Crippen molar-refractivity contribution >= 4 is 87.5 Å². The average molecular weight is 589 g/mol. The fraction of sp³-hybridized carbons (Fsp3) is 0. The highest BCUT2D eigenvalue weighted by Crippen LogP contribution is 2.42. The Hall–Kier alpha value is -6.26. The molecule has 0 atom stereocenters. The summed E-state index contributed by atoms with van der Waals surface area (Å²) in [6, 6.07) is 51.5. The van der Waals surface area contributed by atoms with Crippen molar-refractivity contribution < 1.29 is 8.83 Å². The zero-order chi connectivity index (χ0) is 29.9. The first-order valence-corrected chi connectivity index (χ1v) is 15.6. The standard InChI is InChI=1S/C42H24N2O2/c1-5-17-33-25(11-1)26-12-2-6-18-34(26)43(33)37-21-9-15-29-31-23-40-32(24-39(31)45-41(29)37)30-16-10-22-38(42(30)46-40)44-35-19-7-3-13-27(35)28-14-4-8-20-36(28)44/h1-24H. The van der Waals surface area contributed by atoms with Crippen LogP contribution in [0.25, 0.3) is 98.9 Å². The van der Waals surface area contributed by atoms with Crippen LogP contribution in [0.2, 0.25) is 0 Å². The van der Waals surface area contributed by atoms with Crippen molar-refractivity contribution in [1.82, 2.24) is 9.13 Å². The van der Waals surface area contributed by atoms with E-state index in [4.69, 9.17) is 8.83 Å². The minimum atomic E-state index is 0.848. The van der Waals surface area contributed by atoms with Gasteiger partial charge in [-0.3, -0.25) is 0 Å². The lowest BCUT2D eigenvalue weighted by Crippen LogP contribution is -1.93. The molecule has 0 radical (unpaired) electrons. The zero-order valence-corrected chi connectivity index (χ0v) is 24.6. The van der Waals surface area contributed by atoms with Gasteiger partial charge in [0.25, 0.3) is 0 Å². The van der Waals surface area contributed by atoms with E-state index >= 15 is 0 Å². The van der Waals surface area contributed by atoms with Gasteiger partial charge in [-0.15, -0.1) is 0 Å². The second kappa shape index (κ2) is 8.68. The Bertz CT molecular complexity index is 2720. The Balaban J connectivity index is 1.18. The maximum Gasteiger partial charge on any atom is 0.159 e. The van der Waals surface area contributed by atoms with Crippen molar-refractivity contribution in [2.45, 2.75) is 0 Å². The Labute approximate surface area is 261 Å². The normalized spacial score (nSPS) is 12.3. The minimum absolute atomic E-state index is 0.848. The van der Waals surface area contributed by atoms with E-state index < -0.39 is 0 Å². The van der Waals surface area contributed by atoms with E-state index in [1.807, 2.05) is 0 Å².